The van der Waals surface area contributed by atoms with Gasteiger partial charge in [0.1, 0.15) is 10.7 Å². The van der Waals surface area contributed by atoms with Gasteiger partial charge in [-0.25, -0.2) is 4.98 Å². The van der Waals surface area contributed by atoms with Crippen molar-refractivity contribution in [3.8, 4) is 0 Å². The van der Waals surface area contributed by atoms with Gasteiger partial charge in [0.2, 0.25) is 0 Å². The van der Waals surface area contributed by atoms with Crippen LogP contribution < -0.4 is 5.56 Å². The molecule has 0 spiro atoms. The summed E-state index contributed by atoms with van der Waals surface area (Å²) in [6, 6.07) is 7.69. The van der Waals surface area contributed by atoms with Crippen LogP contribution in [0.15, 0.2) is 29.1 Å². The number of fused-ring (bicyclic) bond motifs is 3. The van der Waals surface area contributed by atoms with E-state index in [-0.39, 0.29) is 5.56 Å². The lowest BCUT2D eigenvalue weighted by Gasteiger charge is -2.33. The molecule has 0 bridgehead atoms. The van der Waals surface area contributed by atoms with E-state index < -0.39 is 0 Å². The highest BCUT2D eigenvalue weighted by Gasteiger charge is 2.31. The molecule has 1 N–H and O–H groups in total. The second-order valence-corrected chi connectivity index (χ2v) is 9.83. The minimum atomic E-state index is -0.00117. The minimum absolute atomic E-state index is 0.00117. The third-order valence-corrected chi connectivity index (χ3v) is 6.84. The van der Waals surface area contributed by atoms with Crippen LogP contribution in [0.4, 0.5) is 0 Å². The summed E-state index contributed by atoms with van der Waals surface area (Å²) < 4.78 is 0. The lowest BCUT2D eigenvalue weighted by Crippen LogP contribution is -2.26. The highest BCUT2D eigenvalue weighted by Crippen LogP contribution is 2.42. The predicted molar refractivity (Wildman–Crippen MR) is 109 cm³/mol. The van der Waals surface area contributed by atoms with Crippen LogP contribution >= 0.6 is 22.9 Å². The highest BCUT2D eigenvalue weighted by molar-refractivity contribution is 7.18. The number of hydrogen-bond acceptors (Lipinski definition) is 3. The third kappa shape index (κ3) is 3.33. The highest BCUT2D eigenvalue weighted by atomic mass is 35.5. The topological polar surface area (TPSA) is 45.8 Å². The molecule has 136 valence electrons. The zero-order valence-electron chi connectivity index (χ0n) is 15.4. The number of nitrogens with one attached hydrogen (secondary N) is 1. The molecule has 0 radical (unpaired) electrons. The van der Waals surface area contributed by atoms with Gasteiger partial charge in [-0.15, -0.1) is 11.3 Å². The molecule has 3 aromatic rings. The summed E-state index contributed by atoms with van der Waals surface area (Å²) in [5, 5.41) is 1.51. The smallest absolute Gasteiger partial charge is 0.259 e. The fourth-order valence-corrected chi connectivity index (χ4v) is 5.42. The molecule has 2 heterocycles. The Hall–Kier alpha value is -1.65. The lowest BCUT2D eigenvalue weighted by atomic mass is 9.72. The first kappa shape index (κ1) is 17.7. The molecule has 0 aliphatic heterocycles. The SMILES string of the molecule is CC(C)(C)C1CCc2c(sc3nc(Cc4cccc(Cl)c4)[nH]c(=O)c23)C1. The Morgan fingerprint density at radius 3 is 2.88 bits per heavy atom. The molecule has 1 aliphatic rings. The average molecular weight is 387 g/mol. The van der Waals surface area contributed by atoms with Gasteiger partial charge in [-0.3, -0.25) is 4.79 Å². The Morgan fingerprint density at radius 2 is 2.15 bits per heavy atom. The number of nitrogens with zero attached hydrogens (tertiary/aromatic N) is 1. The second-order valence-electron chi connectivity index (χ2n) is 8.31. The molecule has 0 amide bonds. The van der Waals surface area contributed by atoms with Crippen LogP contribution in [0.2, 0.25) is 5.02 Å². The van der Waals surface area contributed by atoms with Crippen LogP contribution in [0.5, 0.6) is 0 Å². The number of halogens is 1. The third-order valence-electron chi connectivity index (χ3n) is 5.45. The fourth-order valence-electron chi connectivity index (χ4n) is 3.89. The molecule has 0 saturated carbocycles. The van der Waals surface area contributed by atoms with Crippen molar-refractivity contribution in [3.63, 3.8) is 0 Å². The summed E-state index contributed by atoms with van der Waals surface area (Å²) in [6.07, 6.45) is 3.77. The number of H-pyrrole nitrogens is 1. The minimum Gasteiger partial charge on any atom is -0.310 e. The molecule has 1 unspecified atom stereocenters. The van der Waals surface area contributed by atoms with E-state index in [1.54, 1.807) is 11.3 Å². The monoisotopic (exact) mass is 386 g/mol. The first-order valence-electron chi connectivity index (χ1n) is 9.09. The maximum atomic E-state index is 12.8. The van der Waals surface area contributed by atoms with E-state index in [9.17, 15) is 4.79 Å². The van der Waals surface area contributed by atoms with Gasteiger partial charge in [0.25, 0.3) is 5.56 Å². The number of aromatic nitrogens is 2. The Kier molecular flexibility index (Phi) is 4.44. The molecule has 0 fully saturated rings. The van der Waals surface area contributed by atoms with Crippen LogP contribution in [-0.4, -0.2) is 9.97 Å². The number of benzene rings is 1. The number of hydrogen-bond donors (Lipinski definition) is 1. The van der Waals surface area contributed by atoms with E-state index >= 15 is 0 Å². The molecule has 5 heteroatoms. The number of thiophene rings is 1. The molecule has 1 aromatic carbocycles. The van der Waals surface area contributed by atoms with Gasteiger partial charge in [-0.1, -0.05) is 44.5 Å². The van der Waals surface area contributed by atoms with Gasteiger partial charge in [-0.05, 0) is 53.9 Å². The zero-order chi connectivity index (χ0) is 18.5. The van der Waals surface area contributed by atoms with Gasteiger partial charge in [0.15, 0.2) is 0 Å². The fraction of sp³-hybridized carbons (Fsp3) is 0.429. The van der Waals surface area contributed by atoms with Crippen molar-refractivity contribution in [1.82, 2.24) is 9.97 Å². The zero-order valence-corrected chi connectivity index (χ0v) is 16.9. The molecular weight excluding hydrogens is 364 g/mol. The lowest BCUT2D eigenvalue weighted by molar-refractivity contribution is 0.218. The second kappa shape index (κ2) is 6.50. The van der Waals surface area contributed by atoms with Crippen LogP contribution in [0.1, 0.15) is 49.0 Å². The summed E-state index contributed by atoms with van der Waals surface area (Å²) in [5.74, 6) is 1.36. The Balaban J connectivity index is 1.72. The maximum absolute atomic E-state index is 12.8. The molecule has 0 saturated heterocycles. The Morgan fingerprint density at radius 1 is 1.35 bits per heavy atom. The van der Waals surface area contributed by atoms with Crippen LogP contribution in [0.25, 0.3) is 10.2 Å². The van der Waals surface area contributed by atoms with Crippen molar-refractivity contribution in [1.29, 1.82) is 0 Å². The van der Waals surface area contributed by atoms with E-state index in [4.69, 9.17) is 16.6 Å². The Bertz CT molecular complexity index is 1030. The summed E-state index contributed by atoms with van der Waals surface area (Å²) in [5.41, 5.74) is 2.58. The molecule has 2 aromatic heterocycles. The summed E-state index contributed by atoms with van der Waals surface area (Å²) in [7, 11) is 0. The number of aryl methyl sites for hydroxylation is 1. The van der Waals surface area contributed by atoms with Crippen molar-refractivity contribution in [2.24, 2.45) is 11.3 Å². The van der Waals surface area contributed by atoms with Crippen LogP contribution in [-0.2, 0) is 19.3 Å². The standard InChI is InChI=1S/C21H23ClN2OS/c1-21(2,3)13-7-8-15-16(11-13)26-20-18(15)19(25)23-17(24-20)10-12-5-4-6-14(22)9-12/h4-6,9,13H,7-8,10-11H2,1-3H3,(H,23,24,25). The normalized spacial score (nSPS) is 17.5. The van der Waals surface area contributed by atoms with Gasteiger partial charge >= 0.3 is 0 Å². The van der Waals surface area contributed by atoms with Crippen LogP contribution in [0, 0.1) is 11.3 Å². The predicted octanol–water partition coefficient (Wildman–Crippen LogP) is 5.38. The number of aromatic amines is 1. The molecular formula is C21H23ClN2OS. The number of rotatable bonds is 2. The largest absolute Gasteiger partial charge is 0.310 e. The van der Waals surface area contributed by atoms with E-state index in [2.05, 4.69) is 25.8 Å². The molecule has 4 rings (SSSR count). The summed E-state index contributed by atoms with van der Waals surface area (Å²) >= 11 is 7.77. The van der Waals surface area contributed by atoms with Gasteiger partial charge in [0, 0.05) is 16.3 Å². The molecule has 3 nitrogen and oxygen atoms in total. The van der Waals surface area contributed by atoms with Crippen molar-refractivity contribution >= 4 is 33.2 Å². The quantitative estimate of drug-likeness (QED) is 0.642. The van der Waals surface area contributed by atoms with E-state index in [0.717, 1.165) is 35.0 Å². The van der Waals surface area contributed by atoms with Crippen molar-refractivity contribution < 1.29 is 0 Å². The van der Waals surface area contributed by atoms with E-state index in [0.29, 0.717) is 28.6 Å². The molecule has 1 aliphatic carbocycles. The first-order chi connectivity index (χ1) is 12.3. The van der Waals surface area contributed by atoms with E-state index in [1.165, 1.54) is 10.4 Å². The van der Waals surface area contributed by atoms with Crippen molar-refractivity contribution in [3.05, 3.63) is 61.5 Å². The average Bonchev–Trinajstić information content (AvgIpc) is 2.91. The van der Waals surface area contributed by atoms with Crippen molar-refractivity contribution in [2.75, 3.05) is 0 Å². The summed E-state index contributed by atoms with van der Waals surface area (Å²) in [4.78, 5) is 22.8. The van der Waals surface area contributed by atoms with Crippen molar-refractivity contribution in [2.45, 2.75) is 46.5 Å². The van der Waals surface area contributed by atoms with E-state index in [1.807, 2.05) is 24.3 Å². The molecule has 26 heavy (non-hydrogen) atoms. The van der Waals surface area contributed by atoms with Gasteiger partial charge in [0.05, 0.1) is 5.39 Å². The molecule has 1 atom stereocenters. The van der Waals surface area contributed by atoms with Gasteiger partial charge in [-0.2, -0.15) is 0 Å². The first-order valence-corrected chi connectivity index (χ1v) is 10.3. The van der Waals surface area contributed by atoms with Gasteiger partial charge < -0.3 is 4.98 Å². The Labute approximate surface area is 162 Å². The summed E-state index contributed by atoms with van der Waals surface area (Å²) in [6.45, 7) is 6.93. The van der Waals surface area contributed by atoms with Crippen LogP contribution in [0.3, 0.4) is 0 Å². The maximum Gasteiger partial charge on any atom is 0.259 e.